The Kier molecular flexibility index (Phi) is 6.63. The van der Waals surface area contributed by atoms with E-state index in [1.165, 1.54) is 12.1 Å². The second-order valence-electron chi connectivity index (χ2n) is 5.86. The summed E-state index contributed by atoms with van der Waals surface area (Å²) in [6.45, 7) is 2.46. The van der Waals surface area contributed by atoms with E-state index in [0.717, 1.165) is 11.3 Å². The van der Waals surface area contributed by atoms with Crippen molar-refractivity contribution in [2.75, 3.05) is 22.3 Å². The third-order valence-electron chi connectivity index (χ3n) is 3.63. The number of rotatable bonds is 9. The van der Waals surface area contributed by atoms with Gasteiger partial charge in [-0.1, -0.05) is 19.1 Å². The van der Waals surface area contributed by atoms with Gasteiger partial charge in [-0.25, -0.2) is 22.0 Å². The average Bonchev–Trinajstić information content (AvgIpc) is 2.56. The largest absolute Gasteiger partial charge is 0.385 e. The van der Waals surface area contributed by atoms with E-state index in [2.05, 4.69) is 10.0 Å². The van der Waals surface area contributed by atoms with Crippen LogP contribution in [0.2, 0.25) is 0 Å². The van der Waals surface area contributed by atoms with Crippen molar-refractivity contribution in [1.82, 2.24) is 0 Å². The zero-order valence-corrected chi connectivity index (χ0v) is 16.1. The van der Waals surface area contributed by atoms with E-state index < -0.39 is 20.0 Å². The standard InChI is InChI=1S/C17H23N3O4S2/c1-2-13-25(21,22)20-16-7-5-15(6-8-16)19-12-11-14-3-9-17(10-4-14)26(18,23)24/h3-10,19-20H,2,11-13H2,1H3,(H2,18,23,24). The molecule has 0 aliphatic rings. The smallest absolute Gasteiger partial charge is 0.238 e. The van der Waals surface area contributed by atoms with E-state index in [4.69, 9.17) is 5.14 Å². The Hall–Kier alpha value is -2.10. The van der Waals surface area contributed by atoms with Gasteiger partial charge >= 0.3 is 0 Å². The maximum absolute atomic E-state index is 11.7. The average molecular weight is 398 g/mol. The minimum atomic E-state index is -3.67. The number of nitrogens with two attached hydrogens (primary N) is 1. The van der Waals surface area contributed by atoms with Crippen LogP contribution in [0.1, 0.15) is 18.9 Å². The van der Waals surface area contributed by atoms with Gasteiger partial charge in [0.2, 0.25) is 20.0 Å². The molecular weight excluding hydrogens is 374 g/mol. The van der Waals surface area contributed by atoms with E-state index in [9.17, 15) is 16.8 Å². The van der Waals surface area contributed by atoms with Crippen LogP contribution in [0.5, 0.6) is 0 Å². The maximum atomic E-state index is 11.7. The highest BCUT2D eigenvalue weighted by Gasteiger charge is 2.08. The first-order valence-electron chi connectivity index (χ1n) is 8.16. The molecule has 0 amide bonds. The van der Waals surface area contributed by atoms with Crippen LogP contribution in [0.3, 0.4) is 0 Å². The molecule has 142 valence electrons. The van der Waals surface area contributed by atoms with Gasteiger partial charge in [-0.2, -0.15) is 0 Å². The van der Waals surface area contributed by atoms with E-state index >= 15 is 0 Å². The fraction of sp³-hybridized carbons (Fsp3) is 0.294. The van der Waals surface area contributed by atoms with E-state index in [1.807, 2.05) is 6.92 Å². The summed E-state index contributed by atoms with van der Waals surface area (Å²) in [5, 5.41) is 8.30. The molecule has 0 fully saturated rings. The molecule has 0 saturated carbocycles. The molecule has 0 heterocycles. The molecule has 2 rings (SSSR count). The van der Waals surface area contributed by atoms with Crippen molar-refractivity contribution in [2.24, 2.45) is 5.14 Å². The molecule has 2 aromatic rings. The summed E-state index contributed by atoms with van der Waals surface area (Å²) in [5.41, 5.74) is 2.38. The minimum Gasteiger partial charge on any atom is -0.385 e. The van der Waals surface area contributed by atoms with Gasteiger partial charge < -0.3 is 5.32 Å². The van der Waals surface area contributed by atoms with Gasteiger partial charge in [0.25, 0.3) is 0 Å². The van der Waals surface area contributed by atoms with Crippen molar-refractivity contribution in [3.8, 4) is 0 Å². The van der Waals surface area contributed by atoms with Crippen molar-refractivity contribution in [1.29, 1.82) is 0 Å². The minimum absolute atomic E-state index is 0.0929. The Morgan fingerprint density at radius 2 is 1.46 bits per heavy atom. The topological polar surface area (TPSA) is 118 Å². The lowest BCUT2D eigenvalue weighted by molar-refractivity contribution is 0.596. The molecule has 0 spiro atoms. The summed E-state index contributed by atoms with van der Waals surface area (Å²) in [6, 6.07) is 13.4. The number of hydrogen-bond donors (Lipinski definition) is 3. The highest BCUT2D eigenvalue weighted by molar-refractivity contribution is 7.92. The SMILES string of the molecule is CCCS(=O)(=O)Nc1ccc(NCCc2ccc(S(N)(=O)=O)cc2)cc1. The van der Waals surface area contributed by atoms with Gasteiger partial charge in [-0.05, 0) is 54.8 Å². The Morgan fingerprint density at radius 1 is 0.885 bits per heavy atom. The Bertz CT molecular complexity index is 923. The second kappa shape index (κ2) is 8.52. The molecular formula is C17H23N3O4S2. The fourth-order valence-corrected chi connectivity index (χ4v) is 4.00. The number of anilines is 2. The molecule has 0 aromatic heterocycles. The van der Waals surface area contributed by atoms with E-state index in [-0.39, 0.29) is 10.6 Å². The summed E-state index contributed by atoms with van der Waals surface area (Å²) in [4.78, 5) is 0.0929. The zero-order valence-electron chi connectivity index (χ0n) is 14.5. The predicted octanol–water partition coefficient (Wildman–Crippen LogP) is 2.14. The van der Waals surface area contributed by atoms with E-state index in [1.54, 1.807) is 36.4 Å². The molecule has 0 aliphatic heterocycles. The molecule has 2 aromatic carbocycles. The van der Waals surface area contributed by atoms with Crippen LogP contribution in [0.15, 0.2) is 53.4 Å². The molecule has 0 bridgehead atoms. The summed E-state index contributed by atoms with van der Waals surface area (Å²) in [5.74, 6) is 0.0945. The Labute approximate surface area is 154 Å². The summed E-state index contributed by atoms with van der Waals surface area (Å²) < 4.78 is 48.4. The van der Waals surface area contributed by atoms with Gasteiger partial charge in [0.05, 0.1) is 10.6 Å². The number of hydrogen-bond acceptors (Lipinski definition) is 5. The molecule has 4 N–H and O–H groups in total. The van der Waals surface area contributed by atoms with Crippen LogP contribution in [-0.2, 0) is 26.5 Å². The quantitative estimate of drug-likeness (QED) is 0.599. The van der Waals surface area contributed by atoms with E-state index in [0.29, 0.717) is 25.1 Å². The van der Waals surface area contributed by atoms with Gasteiger partial charge in [-0.15, -0.1) is 0 Å². The van der Waals surface area contributed by atoms with Crippen molar-refractivity contribution in [2.45, 2.75) is 24.7 Å². The van der Waals surface area contributed by atoms with Crippen LogP contribution in [0.25, 0.3) is 0 Å². The number of benzene rings is 2. The highest BCUT2D eigenvalue weighted by Crippen LogP contribution is 2.15. The molecule has 0 atom stereocenters. The molecule has 0 radical (unpaired) electrons. The Morgan fingerprint density at radius 3 is 2.00 bits per heavy atom. The molecule has 26 heavy (non-hydrogen) atoms. The van der Waals surface area contributed by atoms with Crippen LogP contribution in [0.4, 0.5) is 11.4 Å². The van der Waals surface area contributed by atoms with Crippen molar-refractivity contribution < 1.29 is 16.8 Å². The lowest BCUT2D eigenvalue weighted by atomic mass is 10.1. The molecule has 0 unspecified atom stereocenters. The number of primary sulfonamides is 1. The first-order valence-corrected chi connectivity index (χ1v) is 11.4. The van der Waals surface area contributed by atoms with Gasteiger partial charge in [0.15, 0.2) is 0 Å². The van der Waals surface area contributed by atoms with Crippen LogP contribution in [-0.4, -0.2) is 29.1 Å². The fourth-order valence-electron chi connectivity index (χ4n) is 2.35. The lowest BCUT2D eigenvalue weighted by Gasteiger charge is -2.10. The molecule has 9 heteroatoms. The normalized spacial score (nSPS) is 11.9. The predicted molar refractivity (Wildman–Crippen MR) is 104 cm³/mol. The monoisotopic (exact) mass is 397 g/mol. The van der Waals surface area contributed by atoms with Crippen molar-refractivity contribution in [3.63, 3.8) is 0 Å². The molecule has 0 saturated heterocycles. The highest BCUT2D eigenvalue weighted by atomic mass is 32.2. The second-order valence-corrected chi connectivity index (χ2v) is 9.27. The summed E-state index contributed by atoms with van der Waals surface area (Å²) in [7, 11) is -6.96. The molecule has 0 aliphatic carbocycles. The first-order chi connectivity index (χ1) is 12.2. The van der Waals surface area contributed by atoms with Crippen molar-refractivity contribution >= 4 is 31.4 Å². The third-order valence-corrected chi connectivity index (χ3v) is 6.05. The zero-order chi connectivity index (χ0) is 19.2. The van der Waals surface area contributed by atoms with Gasteiger partial charge in [0.1, 0.15) is 0 Å². The van der Waals surface area contributed by atoms with Crippen LogP contribution >= 0.6 is 0 Å². The Balaban J connectivity index is 1.86. The van der Waals surface area contributed by atoms with Crippen LogP contribution < -0.4 is 15.2 Å². The third kappa shape index (κ3) is 6.32. The van der Waals surface area contributed by atoms with Crippen LogP contribution in [0, 0.1) is 0 Å². The number of nitrogens with one attached hydrogen (secondary N) is 2. The summed E-state index contributed by atoms with van der Waals surface area (Å²) >= 11 is 0. The maximum Gasteiger partial charge on any atom is 0.238 e. The summed E-state index contributed by atoms with van der Waals surface area (Å²) in [6.07, 6.45) is 1.27. The number of sulfonamides is 2. The lowest BCUT2D eigenvalue weighted by Crippen LogP contribution is -2.16. The van der Waals surface area contributed by atoms with Crippen molar-refractivity contribution in [3.05, 3.63) is 54.1 Å². The molecule has 7 nitrogen and oxygen atoms in total. The first kappa shape index (κ1) is 20.2. The van der Waals surface area contributed by atoms with Gasteiger partial charge in [0, 0.05) is 17.9 Å². The van der Waals surface area contributed by atoms with Gasteiger partial charge in [-0.3, -0.25) is 4.72 Å².